The van der Waals surface area contributed by atoms with E-state index in [1.54, 1.807) is 13.1 Å². The molecule has 0 bridgehead atoms. The van der Waals surface area contributed by atoms with E-state index < -0.39 is 5.97 Å². The molecule has 17 heavy (non-hydrogen) atoms. The van der Waals surface area contributed by atoms with Gasteiger partial charge in [0, 0.05) is 11.9 Å². The number of rotatable bonds is 4. The molecular formula is C11H12N4O2. The molecule has 0 aromatic carbocycles. The third-order valence-electron chi connectivity index (χ3n) is 2.08. The fraction of sp³-hybridized carbons (Fsp3) is 0.273. The topological polar surface area (TPSA) is 80.8 Å². The van der Waals surface area contributed by atoms with Gasteiger partial charge in [-0.1, -0.05) is 6.07 Å². The van der Waals surface area contributed by atoms with Crippen molar-refractivity contribution in [2.24, 2.45) is 0 Å². The Bertz CT molecular complexity index is 495. The summed E-state index contributed by atoms with van der Waals surface area (Å²) in [6, 6.07) is 5.62. The van der Waals surface area contributed by atoms with Gasteiger partial charge in [-0.15, -0.1) is 10.2 Å². The molecule has 2 aromatic heterocycles. The molecule has 0 saturated heterocycles. The molecule has 0 aliphatic heterocycles. The van der Waals surface area contributed by atoms with Gasteiger partial charge in [-0.3, -0.25) is 4.98 Å². The average molecular weight is 232 g/mol. The number of esters is 1. The largest absolute Gasteiger partial charge is 0.460 e. The Hall–Kier alpha value is -2.24. The van der Waals surface area contributed by atoms with Crippen molar-refractivity contribution in [1.29, 1.82) is 0 Å². The van der Waals surface area contributed by atoms with Crippen molar-refractivity contribution in [2.75, 3.05) is 6.61 Å². The predicted molar refractivity (Wildman–Crippen MR) is 59.4 cm³/mol. The third-order valence-corrected chi connectivity index (χ3v) is 2.08. The number of pyridine rings is 1. The number of ether oxygens (including phenoxy) is 1. The van der Waals surface area contributed by atoms with Gasteiger partial charge in [-0.2, -0.15) is 0 Å². The SMILES string of the molecule is CCOC(=O)c1nnc(Cc2ccccn2)[nH]1. The van der Waals surface area contributed by atoms with E-state index in [4.69, 9.17) is 4.74 Å². The number of hydrogen-bond acceptors (Lipinski definition) is 5. The van der Waals surface area contributed by atoms with E-state index in [2.05, 4.69) is 20.2 Å². The maximum atomic E-state index is 11.3. The standard InChI is InChI=1S/C11H12N4O2/c1-2-17-11(16)10-13-9(14-15-10)7-8-5-3-4-6-12-8/h3-6H,2,7H2,1H3,(H,13,14,15). The number of nitrogens with one attached hydrogen (secondary N) is 1. The van der Waals surface area contributed by atoms with Crippen LogP contribution in [0.1, 0.15) is 29.1 Å². The van der Waals surface area contributed by atoms with Crippen molar-refractivity contribution in [3.05, 3.63) is 41.7 Å². The lowest BCUT2D eigenvalue weighted by Crippen LogP contribution is -2.06. The minimum absolute atomic E-state index is 0.123. The summed E-state index contributed by atoms with van der Waals surface area (Å²) in [7, 11) is 0. The van der Waals surface area contributed by atoms with Crippen LogP contribution in [0, 0.1) is 0 Å². The Kier molecular flexibility index (Phi) is 3.44. The molecule has 0 radical (unpaired) electrons. The van der Waals surface area contributed by atoms with Crippen LogP contribution in [0.2, 0.25) is 0 Å². The molecule has 0 aliphatic carbocycles. The van der Waals surface area contributed by atoms with Crippen LogP contribution < -0.4 is 0 Å². The van der Waals surface area contributed by atoms with Crippen molar-refractivity contribution < 1.29 is 9.53 Å². The van der Waals surface area contributed by atoms with Crippen molar-refractivity contribution in [3.63, 3.8) is 0 Å². The molecule has 0 aliphatic rings. The van der Waals surface area contributed by atoms with E-state index in [0.29, 0.717) is 18.9 Å². The zero-order chi connectivity index (χ0) is 12.1. The first-order chi connectivity index (χ1) is 8.29. The van der Waals surface area contributed by atoms with Crippen LogP contribution in [0.15, 0.2) is 24.4 Å². The smallest absolute Gasteiger partial charge is 0.376 e. The summed E-state index contributed by atoms with van der Waals surface area (Å²) in [5.41, 5.74) is 0.860. The van der Waals surface area contributed by atoms with E-state index in [-0.39, 0.29) is 5.82 Å². The van der Waals surface area contributed by atoms with Gasteiger partial charge in [0.25, 0.3) is 0 Å². The van der Waals surface area contributed by atoms with Gasteiger partial charge in [0.05, 0.1) is 13.0 Å². The first kappa shape index (κ1) is 11.3. The molecule has 0 unspecified atom stereocenters. The van der Waals surface area contributed by atoms with Crippen LogP contribution in [0.25, 0.3) is 0 Å². The second kappa shape index (κ2) is 5.20. The van der Waals surface area contributed by atoms with Crippen LogP contribution >= 0.6 is 0 Å². The minimum Gasteiger partial charge on any atom is -0.460 e. The number of aromatic amines is 1. The van der Waals surface area contributed by atoms with Crippen LogP contribution in [-0.2, 0) is 11.2 Å². The highest BCUT2D eigenvalue weighted by Crippen LogP contribution is 2.02. The highest BCUT2D eigenvalue weighted by molar-refractivity contribution is 5.84. The lowest BCUT2D eigenvalue weighted by atomic mass is 10.3. The van der Waals surface area contributed by atoms with Gasteiger partial charge < -0.3 is 9.72 Å². The minimum atomic E-state index is -0.493. The lowest BCUT2D eigenvalue weighted by molar-refractivity contribution is 0.0512. The summed E-state index contributed by atoms with van der Waals surface area (Å²) in [5.74, 6) is 0.219. The molecule has 0 spiro atoms. The molecule has 6 heteroatoms. The number of aromatic nitrogens is 4. The van der Waals surface area contributed by atoms with Crippen LogP contribution in [0.5, 0.6) is 0 Å². The fourth-order valence-electron chi connectivity index (χ4n) is 1.34. The zero-order valence-electron chi connectivity index (χ0n) is 9.38. The number of hydrogen-bond donors (Lipinski definition) is 1. The molecule has 0 fully saturated rings. The van der Waals surface area contributed by atoms with Crippen LogP contribution in [0.3, 0.4) is 0 Å². The summed E-state index contributed by atoms with van der Waals surface area (Å²) in [4.78, 5) is 18.3. The summed E-state index contributed by atoms with van der Waals surface area (Å²) in [5, 5.41) is 7.59. The van der Waals surface area contributed by atoms with Crippen LogP contribution in [0.4, 0.5) is 0 Å². The van der Waals surface area contributed by atoms with Crippen molar-refractivity contribution >= 4 is 5.97 Å². The Morgan fingerprint density at radius 2 is 2.29 bits per heavy atom. The fourth-order valence-corrected chi connectivity index (χ4v) is 1.34. The Morgan fingerprint density at radius 1 is 1.41 bits per heavy atom. The zero-order valence-corrected chi connectivity index (χ0v) is 9.38. The van der Waals surface area contributed by atoms with E-state index in [1.807, 2.05) is 18.2 Å². The van der Waals surface area contributed by atoms with E-state index in [9.17, 15) is 4.79 Å². The highest BCUT2D eigenvalue weighted by Gasteiger charge is 2.12. The van der Waals surface area contributed by atoms with Gasteiger partial charge in [-0.05, 0) is 19.1 Å². The summed E-state index contributed by atoms with van der Waals surface area (Å²) >= 11 is 0. The molecule has 0 amide bonds. The summed E-state index contributed by atoms with van der Waals surface area (Å²) in [6.07, 6.45) is 2.21. The maximum Gasteiger partial charge on any atom is 0.376 e. The third kappa shape index (κ3) is 2.87. The van der Waals surface area contributed by atoms with Gasteiger partial charge in [-0.25, -0.2) is 4.79 Å². The first-order valence-electron chi connectivity index (χ1n) is 5.28. The normalized spacial score (nSPS) is 10.2. The molecular weight excluding hydrogens is 220 g/mol. The number of H-pyrrole nitrogens is 1. The molecule has 2 rings (SSSR count). The average Bonchev–Trinajstić information content (AvgIpc) is 2.79. The molecule has 2 heterocycles. The van der Waals surface area contributed by atoms with Crippen molar-refractivity contribution in [2.45, 2.75) is 13.3 Å². The Labute approximate surface area is 98.1 Å². The first-order valence-corrected chi connectivity index (χ1v) is 5.28. The molecule has 0 saturated carbocycles. The summed E-state index contributed by atoms with van der Waals surface area (Å²) < 4.78 is 4.80. The van der Waals surface area contributed by atoms with Gasteiger partial charge >= 0.3 is 5.97 Å². The quantitative estimate of drug-likeness (QED) is 0.794. The van der Waals surface area contributed by atoms with Crippen LogP contribution in [-0.4, -0.2) is 32.7 Å². The molecule has 1 N–H and O–H groups in total. The molecule has 2 aromatic rings. The van der Waals surface area contributed by atoms with Gasteiger partial charge in [0.2, 0.25) is 5.82 Å². The number of carbonyl (C=O) groups is 1. The monoisotopic (exact) mass is 232 g/mol. The molecule has 0 atom stereocenters. The van der Waals surface area contributed by atoms with Gasteiger partial charge in [0.15, 0.2) is 0 Å². The number of carbonyl (C=O) groups excluding carboxylic acids is 1. The summed E-state index contributed by atoms with van der Waals surface area (Å²) in [6.45, 7) is 2.05. The van der Waals surface area contributed by atoms with E-state index in [0.717, 1.165) is 5.69 Å². The lowest BCUT2D eigenvalue weighted by Gasteiger charge is -1.96. The molecule has 6 nitrogen and oxygen atoms in total. The Balaban J connectivity index is 2.06. The second-order valence-corrected chi connectivity index (χ2v) is 3.34. The maximum absolute atomic E-state index is 11.3. The van der Waals surface area contributed by atoms with Crippen molar-refractivity contribution in [3.8, 4) is 0 Å². The predicted octanol–water partition coefficient (Wildman–Crippen LogP) is 0.967. The van der Waals surface area contributed by atoms with Gasteiger partial charge in [0.1, 0.15) is 5.82 Å². The van der Waals surface area contributed by atoms with E-state index >= 15 is 0 Å². The number of nitrogens with zero attached hydrogens (tertiary/aromatic N) is 3. The van der Waals surface area contributed by atoms with Crippen molar-refractivity contribution in [1.82, 2.24) is 20.2 Å². The second-order valence-electron chi connectivity index (χ2n) is 3.34. The highest BCUT2D eigenvalue weighted by atomic mass is 16.5. The van der Waals surface area contributed by atoms with E-state index in [1.165, 1.54) is 0 Å². The molecule has 88 valence electrons. The Morgan fingerprint density at radius 3 is 3.00 bits per heavy atom.